The molecule has 0 aliphatic heterocycles. The highest BCUT2D eigenvalue weighted by Crippen LogP contribution is 2.53. The summed E-state index contributed by atoms with van der Waals surface area (Å²) in [6.45, 7) is 3.78. The number of nitrogens with zero attached hydrogens (tertiary/aromatic N) is 1. The number of phenols is 1. The van der Waals surface area contributed by atoms with Gasteiger partial charge in [-0.2, -0.15) is 4.99 Å². The molecule has 1 fully saturated rings. The van der Waals surface area contributed by atoms with E-state index < -0.39 is 5.54 Å². The van der Waals surface area contributed by atoms with Gasteiger partial charge in [0.05, 0.1) is 7.11 Å². The lowest BCUT2D eigenvalue weighted by atomic mass is 9.70. The van der Waals surface area contributed by atoms with Gasteiger partial charge in [-0.3, -0.25) is 0 Å². The van der Waals surface area contributed by atoms with Crippen molar-refractivity contribution < 1.29 is 14.6 Å². The Kier molecular flexibility index (Phi) is 3.70. The zero-order valence-corrected chi connectivity index (χ0v) is 12.8. The first-order valence-corrected chi connectivity index (χ1v) is 6.93. The third-order valence-electron chi connectivity index (χ3n) is 3.94. The fourth-order valence-corrected chi connectivity index (χ4v) is 3.17. The predicted octanol–water partition coefficient (Wildman–Crippen LogP) is 3.50. The first-order chi connectivity index (χ1) is 8.98. The summed E-state index contributed by atoms with van der Waals surface area (Å²) >= 11 is 3.52. The van der Waals surface area contributed by atoms with E-state index in [4.69, 9.17) is 4.74 Å². The van der Waals surface area contributed by atoms with Crippen molar-refractivity contribution in [3.63, 3.8) is 0 Å². The Balaban J connectivity index is 2.76. The highest BCUT2D eigenvalue weighted by atomic mass is 79.9. The van der Waals surface area contributed by atoms with Crippen LogP contribution in [-0.2, 0) is 10.3 Å². The molecule has 0 saturated heterocycles. The summed E-state index contributed by atoms with van der Waals surface area (Å²) in [4.78, 5) is 14.7. The minimum atomic E-state index is -0.639. The van der Waals surface area contributed by atoms with Crippen molar-refractivity contribution in [3.05, 3.63) is 21.2 Å². The largest absolute Gasteiger partial charge is 0.504 e. The molecule has 2 rings (SSSR count). The molecule has 1 N–H and O–H groups in total. The van der Waals surface area contributed by atoms with Crippen LogP contribution in [0.2, 0.25) is 0 Å². The van der Waals surface area contributed by atoms with E-state index in [1.165, 1.54) is 7.11 Å². The van der Waals surface area contributed by atoms with Crippen molar-refractivity contribution in [2.45, 2.75) is 38.6 Å². The van der Waals surface area contributed by atoms with Gasteiger partial charge in [-0.1, -0.05) is 15.9 Å². The van der Waals surface area contributed by atoms with E-state index in [9.17, 15) is 9.90 Å². The maximum absolute atomic E-state index is 10.7. The zero-order valence-electron chi connectivity index (χ0n) is 11.2. The monoisotopic (exact) mass is 325 g/mol. The molecule has 5 heteroatoms. The zero-order chi connectivity index (χ0) is 14.2. The first kappa shape index (κ1) is 14.1. The Labute approximate surface area is 120 Å². The third kappa shape index (κ3) is 1.97. The molecular formula is C14H16BrNO3. The molecule has 1 aliphatic carbocycles. The van der Waals surface area contributed by atoms with Crippen molar-refractivity contribution in [1.29, 1.82) is 0 Å². The van der Waals surface area contributed by atoms with Crippen LogP contribution in [0.4, 0.5) is 0 Å². The average Bonchev–Trinajstić information content (AvgIpc) is 2.34. The number of halogens is 1. The molecule has 1 saturated carbocycles. The van der Waals surface area contributed by atoms with Crippen molar-refractivity contribution >= 4 is 22.0 Å². The number of carbonyl (C=O) groups excluding carboxylic acids is 1. The van der Waals surface area contributed by atoms with E-state index in [1.807, 2.05) is 13.8 Å². The third-order valence-corrected chi connectivity index (χ3v) is 5.13. The van der Waals surface area contributed by atoms with Gasteiger partial charge in [-0.25, -0.2) is 4.79 Å². The molecule has 1 aliphatic rings. The van der Waals surface area contributed by atoms with Gasteiger partial charge in [0, 0.05) is 15.6 Å². The Hall–Kier alpha value is -1.32. The van der Waals surface area contributed by atoms with E-state index in [0.717, 1.165) is 34.9 Å². The molecular weight excluding hydrogens is 310 g/mol. The Morgan fingerprint density at radius 3 is 2.42 bits per heavy atom. The van der Waals surface area contributed by atoms with Crippen LogP contribution < -0.4 is 4.74 Å². The van der Waals surface area contributed by atoms with Gasteiger partial charge in [-0.15, -0.1) is 0 Å². The second-order valence-corrected chi connectivity index (χ2v) is 5.70. The van der Waals surface area contributed by atoms with Crippen molar-refractivity contribution in [2.75, 3.05) is 7.11 Å². The van der Waals surface area contributed by atoms with Gasteiger partial charge in [0.2, 0.25) is 6.08 Å². The minimum Gasteiger partial charge on any atom is -0.504 e. The topological polar surface area (TPSA) is 58.9 Å². The molecule has 0 spiro atoms. The summed E-state index contributed by atoms with van der Waals surface area (Å²) in [6, 6.07) is 0. The summed E-state index contributed by atoms with van der Waals surface area (Å²) in [6.07, 6.45) is 4.12. The van der Waals surface area contributed by atoms with E-state index >= 15 is 0 Å². The van der Waals surface area contributed by atoms with Crippen LogP contribution in [0.3, 0.4) is 0 Å². The lowest BCUT2D eigenvalue weighted by Crippen LogP contribution is -2.33. The molecule has 0 amide bonds. The fraction of sp³-hybridized carbons (Fsp3) is 0.500. The molecule has 102 valence electrons. The van der Waals surface area contributed by atoms with Crippen molar-refractivity contribution in [2.24, 2.45) is 4.99 Å². The highest BCUT2D eigenvalue weighted by molar-refractivity contribution is 9.10. The first-order valence-electron chi connectivity index (χ1n) is 6.13. The summed E-state index contributed by atoms with van der Waals surface area (Å²) in [5.74, 6) is 0.513. The van der Waals surface area contributed by atoms with Crippen LogP contribution in [0.15, 0.2) is 9.47 Å². The normalized spacial score (nSPS) is 16.4. The molecule has 1 aromatic rings. The van der Waals surface area contributed by atoms with Crippen molar-refractivity contribution in [3.8, 4) is 11.5 Å². The Bertz CT molecular complexity index is 573. The Morgan fingerprint density at radius 1 is 1.37 bits per heavy atom. The van der Waals surface area contributed by atoms with Crippen LogP contribution in [0.25, 0.3) is 0 Å². The van der Waals surface area contributed by atoms with E-state index in [1.54, 1.807) is 6.08 Å². The number of benzene rings is 1. The lowest BCUT2D eigenvalue weighted by molar-refractivity contribution is 0.243. The van der Waals surface area contributed by atoms with Crippen LogP contribution in [0.5, 0.6) is 11.5 Å². The lowest BCUT2D eigenvalue weighted by Gasteiger charge is -2.39. The highest BCUT2D eigenvalue weighted by Gasteiger charge is 2.43. The molecule has 1 aromatic carbocycles. The van der Waals surface area contributed by atoms with Crippen LogP contribution in [0.1, 0.15) is 36.0 Å². The maximum atomic E-state index is 10.7. The number of methoxy groups -OCH3 is 1. The van der Waals surface area contributed by atoms with Gasteiger partial charge in [0.15, 0.2) is 11.5 Å². The predicted molar refractivity (Wildman–Crippen MR) is 75.5 cm³/mol. The van der Waals surface area contributed by atoms with E-state index in [-0.39, 0.29) is 5.75 Å². The summed E-state index contributed by atoms with van der Waals surface area (Å²) in [5.41, 5.74) is 1.77. The van der Waals surface area contributed by atoms with Crippen LogP contribution >= 0.6 is 15.9 Å². The van der Waals surface area contributed by atoms with E-state index in [2.05, 4.69) is 20.9 Å². The molecule has 4 nitrogen and oxygen atoms in total. The molecule has 19 heavy (non-hydrogen) atoms. The number of aromatic hydroxyl groups is 1. The second kappa shape index (κ2) is 4.99. The number of ether oxygens (including phenoxy) is 1. The number of rotatable bonds is 3. The maximum Gasteiger partial charge on any atom is 0.235 e. The van der Waals surface area contributed by atoms with E-state index in [0.29, 0.717) is 11.3 Å². The second-order valence-electron chi connectivity index (χ2n) is 4.91. The molecule has 0 bridgehead atoms. The molecule has 0 heterocycles. The molecule has 0 unspecified atom stereocenters. The number of phenolic OH excluding ortho intramolecular Hbond substituents is 1. The SMILES string of the molecule is COc1c(C)c(Br)c(C)c(C2(N=C=O)CCC2)c1O. The Morgan fingerprint density at radius 2 is 2.00 bits per heavy atom. The standard InChI is InChI=1S/C14H16BrNO3/c1-8-10(14(16-7-17)5-4-6-14)12(18)13(19-3)9(2)11(8)15/h18H,4-6H2,1-3H3. The van der Waals surface area contributed by atoms with Gasteiger partial charge < -0.3 is 9.84 Å². The number of isocyanates is 1. The molecule has 0 aromatic heterocycles. The van der Waals surface area contributed by atoms with Crippen LogP contribution in [-0.4, -0.2) is 18.3 Å². The van der Waals surface area contributed by atoms with Crippen LogP contribution in [0, 0.1) is 13.8 Å². The van der Waals surface area contributed by atoms with Gasteiger partial charge in [0.1, 0.15) is 5.54 Å². The summed E-state index contributed by atoms with van der Waals surface area (Å²) < 4.78 is 6.15. The number of hydrogen-bond acceptors (Lipinski definition) is 4. The fourth-order valence-electron chi connectivity index (χ4n) is 2.80. The smallest absolute Gasteiger partial charge is 0.235 e. The number of hydrogen-bond donors (Lipinski definition) is 1. The van der Waals surface area contributed by atoms with Crippen molar-refractivity contribution in [1.82, 2.24) is 0 Å². The van der Waals surface area contributed by atoms with Gasteiger partial charge in [-0.05, 0) is 38.7 Å². The van der Waals surface area contributed by atoms with Gasteiger partial charge >= 0.3 is 0 Å². The quantitative estimate of drug-likeness (QED) is 0.683. The summed E-state index contributed by atoms with van der Waals surface area (Å²) in [7, 11) is 1.52. The molecule has 0 radical (unpaired) electrons. The average molecular weight is 326 g/mol. The number of aliphatic imine (C=N–C) groups is 1. The molecule has 0 atom stereocenters. The van der Waals surface area contributed by atoms with Gasteiger partial charge in [0.25, 0.3) is 0 Å². The minimum absolute atomic E-state index is 0.0828. The summed E-state index contributed by atoms with van der Waals surface area (Å²) in [5, 5.41) is 10.5.